The molecule has 0 saturated carbocycles. The minimum absolute atomic E-state index is 0.0448. The molecule has 2 aromatic rings. The molecule has 5 heteroatoms. The summed E-state index contributed by atoms with van der Waals surface area (Å²) in [5.74, 6) is 1.27. The zero-order valence-electron chi connectivity index (χ0n) is 12.1. The van der Waals surface area contributed by atoms with Crippen LogP contribution >= 0.6 is 0 Å². The fraction of sp³-hybridized carbons (Fsp3) is 0.400. The fourth-order valence-corrected chi connectivity index (χ4v) is 2.33. The van der Waals surface area contributed by atoms with Crippen LogP contribution in [0.2, 0.25) is 0 Å². The van der Waals surface area contributed by atoms with E-state index in [-0.39, 0.29) is 17.8 Å². The number of carboxylic acid groups (broad SMARTS) is 1. The van der Waals surface area contributed by atoms with Crippen LogP contribution in [0.5, 0.6) is 0 Å². The summed E-state index contributed by atoms with van der Waals surface area (Å²) >= 11 is 0. The van der Waals surface area contributed by atoms with Crippen molar-refractivity contribution in [3.8, 4) is 0 Å². The van der Waals surface area contributed by atoms with Crippen molar-refractivity contribution in [3.63, 3.8) is 0 Å². The molecule has 2 heterocycles. The molecular weight excluding hydrogens is 258 g/mol. The zero-order valence-corrected chi connectivity index (χ0v) is 12.1. The second-order valence-corrected chi connectivity index (χ2v) is 4.99. The number of rotatable bonds is 5. The van der Waals surface area contributed by atoms with E-state index in [1.807, 2.05) is 33.8 Å². The minimum atomic E-state index is -1.06. The van der Waals surface area contributed by atoms with Gasteiger partial charge in [-0.2, -0.15) is 0 Å². The molecule has 2 unspecified atom stereocenters. The van der Waals surface area contributed by atoms with Crippen molar-refractivity contribution in [1.82, 2.24) is 5.32 Å². The van der Waals surface area contributed by atoms with Gasteiger partial charge in [0, 0.05) is 11.6 Å². The van der Waals surface area contributed by atoms with Crippen LogP contribution in [-0.4, -0.2) is 11.1 Å². The quantitative estimate of drug-likeness (QED) is 0.873. The number of carboxylic acids is 1. The van der Waals surface area contributed by atoms with E-state index in [1.165, 1.54) is 6.07 Å². The van der Waals surface area contributed by atoms with Crippen LogP contribution in [0, 0.1) is 13.8 Å². The Hall–Kier alpha value is -2.01. The second-order valence-electron chi connectivity index (χ2n) is 4.99. The first-order valence-electron chi connectivity index (χ1n) is 6.54. The fourth-order valence-electron chi connectivity index (χ4n) is 2.33. The molecular formula is C15H19NO4. The van der Waals surface area contributed by atoms with Crippen LogP contribution in [0.25, 0.3) is 0 Å². The lowest BCUT2D eigenvalue weighted by molar-refractivity contribution is 0.0659. The number of carbonyl (C=O) groups is 1. The van der Waals surface area contributed by atoms with Crippen molar-refractivity contribution in [1.29, 1.82) is 0 Å². The van der Waals surface area contributed by atoms with Gasteiger partial charge in [-0.3, -0.25) is 0 Å². The van der Waals surface area contributed by atoms with Crippen LogP contribution < -0.4 is 5.32 Å². The molecule has 108 valence electrons. The Balaban J connectivity index is 2.08. The van der Waals surface area contributed by atoms with E-state index in [9.17, 15) is 4.79 Å². The number of hydrogen-bond acceptors (Lipinski definition) is 4. The molecule has 0 aromatic carbocycles. The monoisotopic (exact) mass is 277 g/mol. The summed E-state index contributed by atoms with van der Waals surface area (Å²) in [5, 5.41) is 12.2. The average molecular weight is 277 g/mol. The van der Waals surface area contributed by atoms with Gasteiger partial charge in [0.25, 0.3) is 0 Å². The number of aryl methyl sites for hydroxylation is 2. The molecule has 0 aliphatic carbocycles. The van der Waals surface area contributed by atoms with E-state index in [1.54, 1.807) is 6.07 Å². The smallest absolute Gasteiger partial charge is 0.371 e. The molecule has 0 aliphatic rings. The molecule has 0 bridgehead atoms. The van der Waals surface area contributed by atoms with E-state index in [0.717, 1.165) is 17.1 Å². The predicted octanol–water partition coefficient (Wildman–Crippen LogP) is 3.60. The normalized spacial score (nSPS) is 14.2. The predicted molar refractivity (Wildman–Crippen MR) is 73.8 cm³/mol. The number of furan rings is 2. The Morgan fingerprint density at radius 1 is 1.20 bits per heavy atom. The first-order chi connectivity index (χ1) is 9.38. The first-order valence-corrected chi connectivity index (χ1v) is 6.54. The average Bonchev–Trinajstić information content (AvgIpc) is 2.95. The van der Waals surface area contributed by atoms with Gasteiger partial charge in [-0.05, 0) is 45.9 Å². The van der Waals surface area contributed by atoms with Crippen molar-refractivity contribution in [3.05, 3.63) is 46.8 Å². The summed E-state index contributed by atoms with van der Waals surface area (Å²) < 4.78 is 10.8. The summed E-state index contributed by atoms with van der Waals surface area (Å²) in [6.07, 6.45) is 0. The summed E-state index contributed by atoms with van der Waals surface area (Å²) in [5.41, 5.74) is 1.10. The van der Waals surface area contributed by atoms with E-state index in [0.29, 0.717) is 5.76 Å². The van der Waals surface area contributed by atoms with Crippen LogP contribution in [0.15, 0.2) is 27.0 Å². The second kappa shape index (κ2) is 5.54. The number of nitrogens with one attached hydrogen (secondary N) is 1. The highest BCUT2D eigenvalue weighted by Crippen LogP contribution is 2.25. The van der Waals surface area contributed by atoms with Crippen molar-refractivity contribution in [2.45, 2.75) is 39.8 Å². The summed E-state index contributed by atoms with van der Waals surface area (Å²) in [7, 11) is 0. The Morgan fingerprint density at radius 3 is 2.40 bits per heavy atom. The Bertz CT molecular complexity index is 611. The van der Waals surface area contributed by atoms with Crippen molar-refractivity contribution >= 4 is 5.97 Å². The lowest BCUT2D eigenvalue weighted by Gasteiger charge is -2.18. The molecule has 2 N–H and O–H groups in total. The molecule has 2 atom stereocenters. The summed E-state index contributed by atoms with van der Waals surface area (Å²) in [4.78, 5) is 10.8. The maximum absolute atomic E-state index is 10.8. The van der Waals surface area contributed by atoms with Gasteiger partial charge in [-0.1, -0.05) is 0 Å². The van der Waals surface area contributed by atoms with Crippen LogP contribution in [-0.2, 0) is 0 Å². The van der Waals surface area contributed by atoms with E-state index in [2.05, 4.69) is 5.32 Å². The Morgan fingerprint density at radius 2 is 1.90 bits per heavy atom. The molecule has 0 spiro atoms. The highest BCUT2D eigenvalue weighted by Gasteiger charge is 2.18. The third-order valence-corrected chi connectivity index (χ3v) is 3.31. The van der Waals surface area contributed by atoms with Crippen molar-refractivity contribution in [2.75, 3.05) is 0 Å². The van der Waals surface area contributed by atoms with E-state index in [4.69, 9.17) is 13.9 Å². The minimum Gasteiger partial charge on any atom is -0.475 e. The Kier molecular flexibility index (Phi) is 3.99. The maximum atomic E-state index is 10.8. The highest BCUT2D eigenvalue weighted by molar-refractivity contribution is 5.84. The topological polar surface area (TPSA) is 75.6 Å². The van der Waals surface area contributed by atoms with Gasteiger partial charge < -0.3 is 19.3 Å². The highest BCUT2D eigenvalue weighted by atomic mass is 16.4. The molecule has 5 nitrogen and oxygen atoms in total. The lowest BCUT2D eigenvalue weighted by Crippen LogP contribution is -2.22. The summed E-state index contributed by atoms with van der Waals surface area (Å²) in [6, 6.07) is 5.15. The number of hydrogen-bond donors (Lipinski definition) is 2. The lowest BCUT2D eigenvalue weighted by atomic mass is 10.1. The molecule has 2 aromatic heterocycles. The molecule has 2 rings (SSSR count). The molecule has 0 radical (unpaired) electrons. The van der Waals surface area contributed by atoms with Gasteiger partial charge in [0.05, 0.1) is 6.04 Å². The molecule has 0 fully saturated rings. The molecule has 0 amide bonds. The van der Waals surface area contributed by atoms with Crippen LogP contribution in [0.1, 0.15) is 59.3 Å². The molecule has 0 saturated heterocycles. The third kappa shape index (κ3) is 2.93. The Labute approximate surface area is 117 Å². The van der Waals surface area contributed by atoms with E-state index < -0.39 is 5.97 Å². The van der Waals surface area contributed by atoms with Gasteiger partial charge in [-0.25, -0.2) is 4.79 Å². The maximum Gasteiger partial charge on any atom is 0.371 e. The van der Waals surface area contributed by atoms with Gasteiger partial charge in [0.2, 0.25) is 5.76 Å². The zero-order chi connectivity index (χ0) is 14.9. The SMILES string of the molecule is Cc1cc(C(C)NC(C)c2ccc(C(=O)O)o2)c(C)o1. The van der Waals surface area contributed by atoms with Gasteiger partial charge in [0.1, 0.15) is 17.3 Å². The largest absolute Gasteiger partial charge is 0.475 e. The van der Waals surface area contributed by atoms with Gasteiger partial charge >= 0.3 is 5.97 Å². The van der Waals surface area contributed by atoms with E-state index >= 15 is 0 Å². The van der Waals surface area contributed by atoms with Gasteiger partial charge in [-0.15, -0.1) is 0 Å². The standard InChI is InChI=1S/C15H19NO4/c1-8-7-12(11(4)19-8)9(2)16-10(3)13-5-6-14(20-13)15(17)18/h5-7,9-10,16H,1-4H3,(H,17,18). The van der Waals surface area contributed by atoms with Crippen LogP contribution in [0.3, 0.4) is 0 Å². The summed E-state index contributed by atoms with van der Waals surface area (Å²) in [6.45, 7) is 7.82. The molecule has 0 aliphatic heterocycles. The van der Waals surface area contributed by atoms with Crippen molar-refractivity contribution in [2.24, 2.45) is 0 Å². The number of aromatic carboxylic acids is 1. The first kappa shape index (κ1) is 14.4. The third-order valence-electron chi connectivity index (χ3n) is 3.31. The molecule has 20 heavy (non-hydrogen) atoms. The van der Waals surface area contributed by atoms with Gasteiger partial charge in [0.15, 0.2) is 0 Å². The van der Waals surface area contributed by atoms with Crippen LogP contribution in [0.4, 0.5) is 0 Å². The van der Waals surface area contributed by atoms with Crippen molar-refractivity contribution < 1.29 is 18.7 Å².